The van der Waals surface area contributed by atoms with Crippen LogP contribution in [0.4, 0.5) is 11.4 Å². The molecule has 2 aliphatic rings. The summed E-state index contributed by atoms with van der Waals surface area (Å²) in [6, 6.07) is 20.2. The molecule has 0 radical (unpaired) electrons. The van der Waals surface area contributed by atoms with Crippen molar-refractivity contribution >= 4 is 49.7 Å². The van der Waals surface area contributed by atoms with E-state index in [4.69, 9.17) is 4.99 Å². The SMILES string of the molecule is CC(Br)C(=O)N=[N+]1c2ccccc2N=C2c3cccc4cccc(c34)C21. The topological polar surface area (TPSA) is 44.8 Å². The van der Waals surface area contributed by atoms with E-state index in [-0.39, 0.29) is 16.8 Å². The van der Waals surface area contributed by atoms with Crippen LogP contribution in [0.25, 0.3) is 10.8 Å². The molecule has 0 spiro atoms. The molecule has 3 aromatic carbocycles. The Kier molecular flexibility index (Phi) is 3.40. The van der Waals surface area contributed by atoms with E-state index in [2.05, 4.69) is 57.4 Å². The summed E-state index contributed by atoms with van der Waals surface area (Å²) < 4.78 is 1.84. The Balaban J connectivity index is 1.84. The quantitative estimate of drug-likeness (QED) is 0.393. The number of nitrogens with zero attached hydrogens (tertiary/aromatic N) is 3. The number of carbonyl (C=O) groups is 1. The highest BCUT2D eigenvalue weighted by atomic mass is 79.9. The largest absolute Gasteiger partial charge is 0.321 e. The zero-order valence-corrected chi connectivity index (χ0v) is 15.6. The van der Waals surface area contributed by atoms with E-state index in [0.29, 0.717) is 0 Å². The van der Waals surface area contributed by atoms with Gasteiger partial charge in [-0.3, -0.25) is 4.79 Å². The average Bonchev–Trinajstić information content (AvgIpc) is 2.97. The van der Waals surface area contributed by atoms with Crippen molar-refractivity contribution in [3.8, 4) is 0 Å². The molecule has 2 atom stereocenters. The van der Waals surface area contributed by atoms with E-state index in [1.807, 2.05) is 29.0 Å². The Morgan fingerprint density at radius 1 is 1.12 bits per heavy atom. The molecule has 5 heteroatoms. The zero-order valence-electron chi connectivity index (χ0n) is 14.1. The van der Waals surface area contributed by atoms with Crippen molar-refractivity contribution in [2.24, 2.45) is 10.1 Å². The molecule has 1 amide bonds. The number of alkyl halides is 1. The van der Waals surface area contributed by atoms with E-state index >= 15 is 0 Å². The first-order valence-corrected chi connectivity index (χ1v) is 9.45. The Labute approximate surface area is 159 Å². The number of halogens is 1. The third-order valence-corrected chi connectivity index (χ3v) is 5.32. The molecule has 0 N–H and O–H groups in total. The van der Waals surface area contributed by atoms with E-state index in [1.165, 1.54) is 10.8 Å². The third-order valence-electron chi connectivity index (χ3n) is 4.93. The molecule has 26 heavy (non-hydrogen) atoms. The molecule has 1 aliphatic heterocycles. The van der Waals surface area contributed by atoms with Crippen LogP contribution in [0.15, 0.2) is 70.8 Å². The van der Waals surface area contributed by atoms with Crippen LogP contribution in [0.3, 0.4) is 0 Å². The van der Waals surface area contributed by atoms with Gasteiger partial charge in [-0.15, -0.1) is 0 Å². The highest BCUT2D eigenvalue weighted by Gasteiger charge is 2.45. The molecule has 126 valence electrons. The lowest BCUT2D eigenvalue weighted by atomic mass is 10.0. The first-order valence-electron chi connectivity index (χ1n) is 8.53. The zero-order chi connectivity index (χ0) is 17.8. The summed E-state index contributed by atoms with van der Waals surface area (Å²) in [6.07, 6.45) is 0. The number of aliphatic imine (C=N–C) groups is 1. The number of rotatable bonds is 1. The number of amides is 1. The highest BCUT2D eigenvalue weighted by Crippen LogP contribution is 2.47. The van der Waals surface area contributed by atoms with Gasteiger partial charge in [0.1, 0.15) is 11.4 Å². The van der Waals surface area contributed by atoms with Gasteiger partial charge in [-0.25, -0.2) is 4.99 Å². The minimum atomic E-state index is -0.337. The van der Waals surface area contributed by atoms with Gasteiger partial charge in [0.15, 0.2) is 0 Å². The van der Waals surface area contributed by atoms with Crippen LogP contribution in [-0.2, 0) is 4.79 Å². The fourth-order valence-electron chi connectivity index (χ4n) is 3.79. The van der Waals surface area contributed by atoms with Gasteiger partial charge in [-0.1, -0.05) is 69.2 Å². The van der Waals surface area contributed by atoms with Crippen LogP contribution in [0.1, 0.15) is 24.1 Å². The summed E-state index contributed by atoms with van der Waals surface area (Å²) >= 11 is 3.34. The monoisotopic (exact) mass is 404 g/mol. The fraction of sp³-hybridized carbons (Fsp3) is 0.143. The van der Waals surface area contributed by atoms with E-state index in [9.17, 15) is 4.79 Å². The standard InChI is InChI=1S/C21H15BrN3O/c1-12(22)21(26)24-25-17-11-3-2-10-16(17)23-19-14-8-4-6-13-7-5-9-15(18(13)14)20(19)25/h2-12,20H,1H3/q+1. The second kappa shape index (κ2) is 5.68. The number of azo groups is 2. The number of hydrogen-bond acceptors (Lipinski definition) is 2. The Morgan fingerprint density at radius 2 is 1.88 bits per heavy atom. The van der Waals surface area contributed by atoms with Gasteiger partial charge >= 0.3 is 5.91 Å². The van der Waals surface area contributed by atoms with Crippen molar-refractivity contribution in [1.29, 1.82) is 0 Å². The molecule has 0 saturated carbocycles. The highest BCUT2D eigenvalue weighted by molar-refractivity contribution is 9.10. The summed E-state index contributed by atoms with van der Waals surface area (Å²) in [7, 11) is 0. The van der Waals surface area contributed by atoms with Crippen molar-refractivity contribution in [2.45, 2.75) is 17.8 Å². The Hall–Kier alpha value is -2.66. The molecule has 1 heterocycles. The second-order valence-corrected chi connectivity index (χ2v) is 7.91. The van der Waals surface area contributed by atoms with Gasteiger partial charge in [0.25, 0.3) is 11.7 Å². The predicted molar refractivity (Wildman–Crippen MR) is 105 cm³/mol. The van der Waals surface area contributed by atoms with Crippen molar-refractivity contribution in [1.82, 2.24) is 0 Å². The van der Waals surface area contributed by atoms with Crippen molar-refractivity contribution < 1.29 is 9.49 Å². The summed E-state index contributed by atoms with van der Waals surface area (Å²) in [5, 5.41) is 6.84. The molecule has 1 aliphatic carbocycles. The van der Waals surface area contributed by atoms with Gasteiger partial charge in [-0.2, -0.15) is 0 Å². The molecule has 2 unspecified atom stereocenters. The fourth-order valence-corrected chi connectivity index (χ4v) is 3.89. The van der Waals surface area contributed by atoms with E-state index < -0.39 is 0 Å². The maximum absolute atomic E-state index is 12.4. The Morgan fingerprint density at radius 3 is 2.69 bits per heavy atom. The molecule has 4 nitrogen and oxygen atoms in total. The van der Waals surface area contributed by atoms with Crippen molar-refractivity contribution in [3.63, 3.8) is 0 Å². The van der Waals surface area contributed by atoms with Crippen LogP contribution in [0, 0.1) is 0 Å². The number of carbonyl (C=O) groups excluding carboxylic acids is 1. The van der Waals surface area contributed by atoms with Crippen LogP contribution in [0.2, 0.25) is 0 Å². The molecular formula is C21H15BrN3O+. The van der Waals surface area contributed by atoms with Crippen LogP contribution < -0.4 is 0 Å². The molecule has 0 bridgehead atoms. The van der Waals surface area contributed by atoms with Crippen LogP contribution in [-0.4, -0.2) is 21.1 Å². The number of benzene rings is 3. The molecule has 0 fully saturated rings. The van der Waals surface area contributed by atoms with Gasteiger partial charge in [0.05, 0.1) is 4.83 Å². The second-order valence-electron chi connectivity index (χ2n) is 6.54. The Bertz CT molecular complexity index is 1140. The van der Waals surface area contributed by atoms with Gasteiger partial charge < -0.3 is 0 Å². The predicted octanol–water partition coefficient (Wildman–Crippen LogP) is 5.44. The molecule has 5 rings (SSSR count). The molecule has 3 aromatic rings. The van der Waals surface area contributed by atoms with Gasteiger partial charge in [-0.05, 0) is 18.4 Å². The first-order chi connectivity index (χ1) is 12.6. The minimum absolute atomic E-state index is 0.179. The summed E-state index contributed by atoms with van der Waals surface area (Å²) in [4.78, 5) is 17.0. The molecular weight excluding hydrogens is 390 g/mol. The van der Waals surface area contributed by atoms with Crippen LogP contribution >= 0.6 is 15.9 Å². The maximum Gasteiger partial charge on any atom is 0.321 e. The summed E-state index contributed by atoms with van der Waals surface area (Å²) in [6.45, 7) is 1.79. The molecule has 0 aromatic heterocycles. The lowest BCUT2D eigenvalue weighted by Gasteiger charge is -2.16. The van der Waals surface area contributed by atoms with E-state index in [0.717, 1.165) is 28.2 Å². The number of para-hydroxylation sites is 2. The summed E-state index contributed by atoms with van der Waals surface area (Å²) in [5.41, 5.74) is 4.91. The average molecular weight is 405 g/mol. The minimum Gasteiger partial charge on any atom is -0.265 e. The smallest absolute Gasteiger partial charge is 0.265 e. The van der Waals surface area contributed by atoms with Crippen molar-refractivity contribution in [2.75, 3.05) is 0 Å². The summed E-state index contributed by atoms with van der Waals surface area (Å²) in [5.74, 6) is -0.204. The van der Waals surface area contributed by atoms with Gasteiger partial charge in [0.2, 0.25) is 0 Å². The van der Waals surface area contributed by atoms with Crippen molar-refractivity contribution in [3.05, 3.63) is 71.8 Å². The first kappa shape index (κ1) is 15.6. The normalized spacial score (nSPS) is 19.8. The maximum atomic E-state index is 12.4. The number of fused-ring (bicyclic) bond motifs is 4. The lowest BCUT2D eigenvalue weighted by Crippen LogP contribution is -2.24. The molecule has 0 saturated heterocycles. The number of hydrogen-bond donors (Lipinski definition) is 0. The van der Waals surface area contributed by atoms with Gasteiger partial charge in [0, 0.05) is 27.7 Å². The van der Waals surface area contributed by atoms with E-state index in [1.54, 1.807) is 6.92 Å². The van der Waals surface area contributed by atoms with Crippen LogP contribution in [0.5, 0.6) is 0 Å². The lowest BCUT2D eigenvalue weighted by molar-refractivity contribution is -0.535. The third kappa shape index (κ3) is 2.13.